The molecule has 0 heterocycles. The van der Waals surface area contributed by atoms with Gasteiger partial charge in [0.1, 0.15) is 13.2 Å². The number of unbranched alkanes of at least 4 members (excludes halogenated alkanes) is 20. The summed E-state index contributed by atoms with van der Waals surface area (Å²) >= 11 is 0. The molecular weight excluding hydrogens is 781 g/mol. The minimum Gasteiger partial charge on any atom is -0.462 e. The summed E-state index contributed by atoms with van der Waals surface area (Å²) in [5.74, 6) is -0.962. The monoisotopic (exact) mass is 871 g/mol. The molecule has 0 saturated carbocycles. The predicted molar refractivity (Wildman–Crippen MR) is 269 cm³/mol. The van der Waals surface area contributed by atoms with E-state index in [0.717, 1.165) is 109 Å². The van der Waals surface area contributed by atoms with Crippen LogP contribution in [0.2, 0.25) is 0 Å². The SMILES string of the molecule is CCC\C=C/C=C\C=C/C=C\C=C/CCCCCCCC(=O)OCC(COC(=O)CCCCCCCCCCC)OC(=O)CCCCCCC\C=C/C=C\C=C/C=C\C=C/CCC. The maximum absolute atomic E-state index is 12.8. The molecule has 0 radical (unpaired) electrons. The van der Waals surface area contributed by atoms with Crippen molar-refractivity contribution in [3.8, 4) is 0 Å². The van der Waals surface area contributed by atoms with Crippen molar-refractivity contribution in [3.63, 3.8) is 0 Å². The highest BCUT2D eigenvalue weighted by Gasteiger charge is 2.19. The Morgan fingerprint density at radius 2 is 0.603 bits per heavy atom. The van der Waals surface area contributed by atoms with E-state index in [-0.39, 0.29) is 31.1 Å². The van der Waals surface area contributed by atoms with Crippen LogP contribution in [0.1, 0.15) is 201 Å². The van der Waals surface area contributed by atoms with E-state index in [0.29, 0.717) is 19.3 Å². The van der Waals surface area contributed by atoms with Gasteiger partial charge in [0.05, 0.1) is 0 Å². The van der Waals surface area contributed by atoms with Crippen molar-refractivity contribution in [1.29, 1.82) is 0 Å². The van der Waals surface area contributed by atoms with Crippen molar-refractivity contribution in [2.24, 2.45) is 0 Å². The predicted octanol–water partition coefficient (Wildman–Crippen LogP) is 16.5. The van der Waals surface area contributed by atoms with Crippen LogP contribution in [0.15, 0.2) is 122 Å². The van der Waals surface area contributed by atoms with Gasteiger partial charge in [-0.1, -0.05) is 245 Å². The zero-order chi connectivity index (χ0) is 45.8. The summed E-state index contributed by atoms with van der Waals surface area (Å²) in [6.45, 7) is 6.38. The Kier molecular flexibility index (Phi) is 47.1. The Hall–Kier alpha value is -4.19. The lowest BCUT2D eigenvalue weighted by atomic mass is 10.1. The number of ether oxygens (including phenoxy) is 3. The number of rotatable bonds is 43. The Morgan fingerprint density at radius 3 is 0.952 bits per heavy atom. The van der Waals surface area contributed by atoms with Gasteiger partial charge in [0.15, 0.2) is 6.10 Å². The third kappa shape index (κ3) is 48.7. The summed E-state index contributed by atoms with van der Waals surface area (Å²) in [4.78, 5) is 37.9. The van der Waals surface area contributed by atoms with Crippen LogP contribution >= 0.6 is 0 Å². The van der Waals surface area contributed by atoms with Crippen molar-refractivity contribution in [2.75, 3.05) is 13.2 Å². The quantitative estimate of drug-likeness (QED) is 0.0263. The second-order valence-electron chi connectivity index (χ2n) is 16.3. The minimum atomic E-state index is -0.803. The van der Waals surface area contributed by atoms with Gasteiger partial charge in [-0.25, -0.2) is 0 Å². The molecule has 0 aromatic rings. The van der Waals surface area contributed by atoms with Gasteiger partial charge in [-0.05, 0) is 57.8 Å². The van der Waals surface area contributed by atoms with E-state index in [2.05, 4.69) is 69.4 Å². The molecule has 0 rings (SSSR count). The number of carbonyl (C=O) groups is 3. The molecule has 1 unspecified atom stereocenters. The molecule has 0 aliphatic carbocycles. The molecule has 6 heteroatoms. The van der Waals surface area contributed by atoms with E-state index in [1.165, 1.54) is 51.4 Å². The maximum Gasteiger partial charge on any atom is 0.306 e. The average Bonchev–Trinajstić information content (AvgIpc) is 3.28. The maximum atomic E-state index is 12.8. The third-order valence-corrected chi connectivity index (χ3v) is 10.2. The molecule has 0 aromatic carbocycles. The molecule has 6 nitrogen and oxygen atoms in total. The van der Waals surface area contributed by atoms with Crippen molar-refractivity contribution >= 4 is 17.9 Å². The largest absolute Gasteiger partial charge is 0.462 e. The van der Waals surface area contributed by atoms with E-state index >= 15 is 0 Å². The fourth-order valence-electron chi connectivity index (χ4n) is 6.38. The van der Waals surface area contributed by atoms with Gasteiger partial charge in [0.2, 0.25) is 0 Å². The highest BCUT2D eigenvalue weighted by molar-refractivity contribution is 5.71. The van der Waals surface area contributed by atoms with Crippen LogP contribution in [-0.2, 0) is 28.6 Å². The number of hydrogen-bond donors (Lipinski definition) is 0. The molecule has 354 valence electrons. The third-order valence-electron chi connectivity index (χ3n) is 10.2. The highest BCUT2D eigenvalue weighted by Crippen LogP contribution is 2.13. The molecule has 0 amide bonds. The lowest BCUT2D eigenvalue weighted by Crippen LogP contribution is -2.30. The van der Waals surface area contributed by atoms with Gasteiger partial charge >= 0.3 is 17.9 Å². The number of carbonyl (C=O) groups excluding carboxylic acids is 3. The lowest BCUT2D eigenvalue weighted by Gasteiger charge is -2.18. The second-order valence-corrected chi connectivity index (χ2v) is 16.3. The molecule has 0 spiro atoms. The molecule has 0 aromatic heterocycles. The smallest absolute Gasteiger partial charge is 0.306 e. The van der Waals surface area contributed by atoms with Gasteiger partial charge < -0.3 is 14.2 Å². The Bertz CT molecular complexity index is 1370. The summed E-state index contributed by atoms with van der Waals surface area (Å²) < 4.78 is 16.7. The standard InChI is InChI=1S/C57H90O6/c1-4-7-10-13-16-19-21-23-25-27-29-31-33-35-38-41-44-47-50-56(59)62-53-54(52-61-55(58)49-46-43-40-37-18-15-12-9-6-3)63-57(60)51-48-45-42-39-36-34-32-30-28-26-24-22-20-17-14-11-8-5-2/h10-11,13-14,16-17,19-32,54H,4-9,12,15,18,33-53H2,1-3H3/b13-10-,14-11-,19-16-,20-17-,23-21-,24-22-,27-25-,28-26-,31-29-,32-30-. The van der Waals surface area contributed by atoms with Gasteiger partial charge in [-0.2, -0.15) is 0 Å². The Balaban J connectivity index is 4.48. The van der Waals surface area contributed by atoms with Crippen molar-refractivity contribution in [1.82, 2.24) is 0 Å². The van der Waals surface area contributed by atoms with Gasteiger partial charge in [-0.3, -0.25) is 14.4 Å². The molecule has 63 heavy (non-hydrogen) atoms. The Labute approximate surface area is 386 Å². The first-order valence-corrected chi connectivity index (χ1v) is 25.2. The number of allylic oxidation sites excluding steroid dienone is 20. The van der Waals surface area contributed by atoms with Gasteiger partial charge in [0.25, 0.3) is 0 Å². The van der Waals surface area contributed by atoms with E-state index in [4.69, 9.17) is 14.2 Å². The van der Waals surface area contributed by atoms with Crippen LogP contribution in [0.25, 0.3) is 0 Å². The van der Waals surface area contributed by atoms with E-state index < -0.39 is 6.10 Å². The van der Waals surface area contributed by atoms with Gasteiger partial charge in [-0.15, -0.1) is 0 Å². The zero-order valence-electron chi connectivity index (χ0n) is 40.3. The van der Waals surface area contributed by atoms with Crippen LogP contribution in [-0.4, -0.2) is 37.2 Å². The summed E-state index contributed by atoms with van der Waals surface area (Å²) in [5.41, 5.74) is 0. The fourth-order valence-corrected chi connectivity index (χ4v) is 6.38. The summed E-state index contributed by atoms with van der Waals surface area (Å²) in [5, 5.41) is 0. The molecule has 0 fully saturated rings. The van der Waals surface area contributed by atoms with E-state index in [1.807, 2.05) is 72.9 Å². The van der Waals surface area contributed by atoms with Crippen molar-refractivity contribution in [2.45, 2.75) is 207 Å². The van der Waals surface area contributed by atoms with Crippen LogP contribution in [0.3, 0.4) is 0 Å². The molecule has 0 aliphatic heterocycles. The first-order valence-electron chi connectivity index (χ1n) is 25.2. The molecule has 0 saturated heterocycles. The van der Waals surface area contributed by atoms with Crippen LogP contribution in [0, 0.1) is 0 Å². The second kappa shape index (κ2) is 50.5. The summed E-state index contributed by atoms with van der Waals surface area (Å²) in [6, 6.07) is 0. The molecule has 0 aliphatic rings. The average molecular weight is 871 g/mol. The fraction of sp³-hybridized carbons (Fsp3) is 0.596. The van der Waals surface area contributed by atoms with Crippen LogP contribution < -0.4 is 0 Å². The van der Waals surface area contributed by atoms with E-state index in [1.54, 1.807) is 0 Å². The molecular formula is C57H90O6. The topological polar surface area (TPSA) is 78.9 Å². The molecule has 0 bridgehead atoms. The van der Waals surface area contributed by atoms with Crippen LogP contribution in [0.5, 0.6) is 0 Å². The Morgan fingerprint density at radius 1 is 0.317 bits per heavy atom. The summed E-state index contributed by atoms with van der Waals surface area (Å²) in [6.07, 6.45) is 68.8. The summed E-state index contributed by atoms with van der Waals surface area (Å²) in [7, 11) is 0. The van der Waals surface area contributed by atoms with Crippen molar-refractivity contribution in [3.05, 3.63) is 122 Å². The number of hydrogen-bond acceptors (Lipinski definition) is 6. The lowest BCUT2D eigenvalue weighted by molar-refractivity contribution is -0.167. The van der Waals surface area contributed by atoms with Crippen LogP contribution in [0.4, 0.5) is 0 Å². The van der Waals surface area contributed by atoms with Crippen molar-refractivity contribution < 1.29 is 28.6 Å². The van der Waals surface area contributed by atoms with Gasteiger partial charge in [0, 0.05) is 19.3 Å². The minimum absolute atomic E-state index is 0.0999. The first kappa shape index (κ1) is 58.8. The van der Waals surface area contributed by atoms with E-state index in [9.17, 15) is 14.4 Å². The molecule has 1 atom stereocenters. The first-order chi connectivity index (χ1) is 31.0. The molecule has 0 N–H and O–H groups in total. The zero-order valence-corrected chi connectivity index (χ0v) is 40.3. The normalized spacial score (nSPS) is 13.1. The number of esters is 3. The highest BCUT2D eigenvalue weighted by atomic mass is 16.6.